The van der Waals surface area contributed by atoms with Crippen molar-refractivity contribution in [1.29, 1.82) is 0 Å². The van der Waals surface area contributed by atoms with Gasteiger partial charge in [0.05, 0.1) is 13.2 Å². The molecule has 1 aliphatic rings. The lowest BCUT2D eigenvalue weighted by atomic mass is 9.99. The molecule has 0 radical (unpaired) electrons. The minimum atomic E-state index is -1.59. The maximum absolute atomic E-state index is 12.8. The second-order valence-electron chi connectivity index (χ2n) is 16.2. The molecule has 57 heavy (non-hydrogen) atoms. The molecule has 1 saturated heterocycles. The van der Waals surface area contributed by atoms with Crippen molar-refractivity contribution >= 4 is 11.9 Å². The van der Waals surface area contributed by atoms with Crippen LogP contribution in [0.25, 0.3) is 0 Å². The van der Waals surface area contributed by atoms with E-state index in [2.05, 4.69) is 38.2 Å². The Hall–Kier alpha value is -1.82. The van der Waals surface area contributed by atoms with Gasteiger partial charge in [-0.3, -0.25) is 9.59 Å². The Balaban J connectivity index is 2.30. The SMILES string of the molecule is CCCC/C=C/C/C=C/CCCCCCCC(=O)OC[C@H](CO[C@@H]1O[C@H](CO)[C@H](O)C(O)C1O)OC(=O)CCCCCCCCCCCCCCCCCCCC. The lowest BCUT2D eigenvalue weighted by molar-refractivity contribution is -0.305. The first-order chi connectivity index (χ1) is 27.8. The topological polar surface area (TPSA) is 152 Å². The highest BCUT2D eigenvalue weighted by molar-refractivity contribution is 5.70. The van der Waals surface area contributed by atoms with Gasteiger partial charge in [-0.1, -0.05) is 179 Å². The van der Waals surface area contributed by atoms with Gasteiger partial charge in [-0.15, -0.1) is 0 Å². The lowest BCUT2D eigenvalue weighted by Gasteiger charge is -2.39. The normalized spacial score (nSPS) is 20.4. The van der Waals surface area contributed by atoms with Crippen molar-refractivity contribution in [2.24, 2.45) is 0 Å². The average molecular weight is 811 g/mol. The number of allylic oxidation sites excluding steroid dienone is 4. The van der Waals surface area contributed by atoms with Crippen molar-refractivity contribution in [3.8, 4) is 0 Å². The number of carbonyl (C=O) groups is 2. The van der Waals surface area contributed by atoms with Crippen molar-refractivity contribution in [2.75, 3.05) is 19.8 Å². The smallest absolute Gasteiger partial charge is 0.306 e. The van der Waals surface area contributed by atoms with E-state index in [1.165, 1.54) is 103 Å². The Kier molecular flexibility index (Phi) is 35.8. The third-order valence-electron chi connectivity index (χ3n) is 10.8. The van der Waals surface area contributed by atoms with Crippen molar-refractivity contribution in [3.05, 3.63) is 24.3 Å². The summed E-state index contributed by atoms with van der Waals surface area (Å²) < 4.78 is 22.2. The second kappa shape index (κ2) is 38.4. The number of unbranched alkanes of at least 4 members (excludes halogenated alkanes) is 24. The fourth-order valence-electron chi connectivity index (χ4n) is 7.09. The molecule has 0 amide bonds. The third-order valence-corrected chi connectivity index (χ3v) is 10.8. The molecule has 0 aromatic rings. The average Bonchev–Trinajstić information content (AvgIpc) is 3.21. The minimum absolute atomic E-state index is 0.221. The molecule has 1 fully saturated rings. The molecule has 1 heterocycles. The van der Waals surface area contributed by atoms with E-state index in [0.29, 0.717) is 12.8 Å². The van der Waals surface area contributed by atoms with Crippen LogP contribution < -0.4 is 0 Å². The molecule has 334 valence electrons. The highest BCUT2D eigenvalue weighted by atomic mass is 16.7. The van der Waals surface area contributed by atoms with Crippen LogP contribution in [0.4, 0.5) is 0 Å². The summed E-state index contributed by atoms with van der Waals surface area (Å²) in [5.41, 5.74) is 0. The Labute approximate surface area is 347 Å². The van der Waals surface area contributed by atoms with Crippen molar-refractivity contribution in [2.45, 2.75) is 243 Å². The van der Waals surface area contributed by atoms with Gasteiger partial charge >= 0.3 is 11.9 Å². The zero-order valence-electron chi connectivity index (χ0n) is 36.3. The first kappa shape index (κ1) is 53.2. The van der Waals surface area contributed by atoms with Gasteiger partial charge in [0.15, 0.2) is 12.4 Å². The predicted octanol–water partition coefficient (Wildman–Crippen LogP) is 10.1. The molecule has 0 aromatic heterocycles. The van der Waals surface area contributed by atoms with E-state index in [9.17, 15) is 30.0 Å². The van der Waals surface area contributed by atoms with Crippen LogP contribution in [0.3, 0.4) is 0 Å². The molecule has 1 rings (SSSR count). The van der Waals surface area contributed by atoms with E-state index in [1.807, 2.05) is 0 Å². The van der Waals surface area contributed by atoms with Gasteiger partial charge < -0.3 is 39.4 Å². The Morgan fingerprint density at radius 1 is 0.544 bits per heavy atom. The van der Waals surface area contributed by atoms with E-state index in [4.69, 9.17) is 18.9 Å². The zero-order valence-corrected chi connectivity index (χ0v) is 36.3. The summed E-state index contributed by atoms with van der Waals surface area (Å²) in [7, 11) is 0. The molecular formula is C47H86O10. The van der Waals surface area contributed by atoms with E-state index in [1.54, 1.807) is 0 Å². The van der Waals surface area contributed by atoms with Crippen LogP contribution in [0.5, 0.6) is 0 Å². The van der Waals surface area contributed by atoms with E-state index in [-0.39, 0.29) is 32.0 Å². The summed E-state index contributed by atoms with van der Waals surface area (Å²) in [5.74, 6) is -0.814. The molecule has 0 aliphatic carbocycles. The van der Waals surface area contributed by atoms with Crippen molar-refractivity contribution < 1.29 is 49.0 Å². The summed E-state index contributed by atoms with van der Waals surface area (Å²) in [6.45, 7) is 3.39. The largest absolute Gasteiger partial charge is 0.462 e. The number of esters is 2. The first-order valence-electron chi connectivity index (χ1n) is 23.4. The number of aliphatic hydroxyl groups excluding tert-OH is 4. The van der Waals surface area contributed by atoms with Crippen LogP contribution in [0.15, 0.2) is 24.3 Å². The maximum atomic E-state index is 12.8. The van der Waals surface area contributed by atoms with Crippen LogP contribution in [0.2, 0.25) is 0 Å². The van der Waals surface area contributed by atoms with Crippen LogP contribution in [-0.4, -0.2) is 89.0 Å². The zero-order chi connectivity index (χ0) is 41.6. The lowest BCUT2D eigenvalue weighted by Crippen LogP contribution is -2.59. The Morgan fingerprint density at radius 3 is 1.51 bits per heavy atom. The highest BCUT2D eigenvalue weighted by Gasteiger charge is 2.44. The highest BCUT2D eigenvalue weighted by Crippen LogP contribution is 2.23. The molecule has 0 aromatic carbocycles. The minimum Gasteiger partial charge on any atom is -0.462 e. The second-order valence-corrected chi connectivity index (χ2v) is 16.2. The molecule has 0 spiro atoms. The molecule has 10 nitrogen and oxygen atoms in total. The summed E-state index contributed by atoms with van der Waals surface area (Å²) in [4.78, 5) is 25.3. The molecule has 10 heteroatoms. The molecular weight excluding hydrogens is 725 g/mol. The van der Waals surface area contributed by atoms with Crippen LogP contribution in [-0.2, 0) is 28.5 Å². The summed E-state index contributed by atoms with van der Waals surface area (Å²) in [5, 5.41) is 40.1. The van der Waals surface area contributed by atoms with Crippen LogP contribution in [0.1, 0.15) is 206 Å². The Bertz CT molecular complexity index is 985. The Morgan fingerprint density at radius 2 is 1.00 bits per heavy atom. The number of carbonyl (C=O) groups excluding carboxylic acids is 2. The third kappa shape index (κ3) is 30.0. The fraction of sp³-hybridized carbons (Fsp3) is 0.872. The first-order valence-corrected chi connectivity index (χ1v) is 23.4. The maximum Gasteiger partial charge on any atom is 0.306 e. The fourth-order valence-corrected chi connectivity index (χ4v) is 7.09. The van der Waals surface area contributed by atoms with E-state index in [0.717, 1.165) is 64.2 Å². The number of hydrogen-bond donors (Lipinski definition) is 4. The number of ether oxygens (including phenoxy) is 4. The monoisotopic (exact) mass is 811 g/mol. The molecule has 0 saturated carbocycles. The van der Waals surface area contributed by atoms with Gasteiger partial charge in [-0.05, 0) is 38.5 Å². The van der Waals surface area contributed by atoms with Crippen LogP contribution in [0, 0.1) is 0 Å². The van der Waals surface area contributed by atoms with Gasteiger partial charge in [0.1, 0.15) is 31.0 Å². The van der Waals surface area contributed by atoms with E-state index < -0.39 is 49.4 Å². The van der Waals surface area contributed by atoms with Gasteiger partial charge in [-0.2, -0.15) is 0 Å². The number of aliphatic hydroxyl groups is 4. The molecule has 4 N–H and O–H groups in total. The van der Waals surface area contributed by atoms with Crippen molar-refractivity contribution in [3.63, 3.8) is 0 Å². The van der Waals surface area contributed by atoms with Gasteiger partial charge in [0, 0.05) is 12.8 Å². The van der Waals surface area contributed by atoms with Gasteiger partial charge in [0.2, 0.25) is 0 Å². The summed E-state index contributed by atoms with van der Waals surface area (Å²) >= 11 is 0. The number of hydrogen-bond acceptors (Lipinski definition) is 10. The summed E-state index contributed by atoms with van der Waals surface area (Å²) in [6.07, 6.45) is 34.7. The van der Waals surface area contributed by atoms with E-state index >= 15 is 0 Å². The quantitative estimate of drug-likeness (QED) is 0.0268. The van der Waals surface area contributed by atoms with Gasteiger partial charge in [-0.25, -0.2) is 0 Å². The molecule has 6 atom stereocenters. The summed E-state index contributed by atoms with van der Waals surface area (Å²) in [6, 6.07) is 0. The van der Waals surface area contributed by atoms with Crippen LogP contribution >= 0.6 is 0 Å². The predicted molar refractivity (Wildman–Crippen MR) is 229 cm³/mol. The van der Waals surface area contributed by atoms with Crippen molar-refractivity contribution in [1.82, 2.24) is 0 Å². The standard InChI is InChI=1S/C47H86O10/c1-3-5-7-9-11-13-15-17-19-20-21-22-24-26-28-30-32-34-36-43(50)56-40(39-55-47-46(53)45(52)44(51)41(37-48)57-47)38-54-42(49)35-33-31-29-27-25-23-18-16-14-12-10-8-6-4-2/h10,12,16,18,40-41,44-48,51-53H,3-9,11,13-15,17,19-39H2,1-2H3/b12-10+,18-16+/t40-,41-,44+,45?,46?,47-/m1/s1. The van der Waals surface area contributed by atoms with Gasteiger partial charge in [0.25, 0.3) is 0 Å². The number of rotatable bonds is 39. The molecule has 1 aliphatic heterocycles. The molecule has 0 bridgehead atoms. The molecule has 2 unspecified atom stereocenters.